The fourth-order valence-corrected chi connectivity index (χ4v) is 12.9. The van der Waals surface area contributed by atoms with E-state index in [-0.39, 0.29) is 67.1 Å². The molecule has 3 heterocycles. The van der Waals surface area contributed by atoms with E-state index < -0.39 is 98.5 Å². The molecule has 5 nitrogen and oxygen atoms in total. The molecule has 3 aromatic heterocycles. The van der Waals surface area contributed by atoms with Crippen molar-refractivity contribution in [2.75, 3.05) is 0 Å². The number of hydrogen-bond acceptors (Lipinski definition) is 3. The van der Waals surface area contributed by atoms with Crippen LogP contribution in [0.4, 0.5) is 0 Å². The second-order valence-corrected chi connectivity index (χ2v) is 17.6. The summed E-state index contributed by atoms with van der Waals surface area (Å²) in [7, 11) is -3.25. The third-order valence-electron chi connectivity index (χ3n) is 10.5. The smallest absolute Gasteiger partial charge is 0.240 e. The highest BCUT2D eigenvalue weighted by Crippen LogP contribution is 2.34. The van der Waals surface area contributed by atoms with Gasteiger partial charge in [-0.15, -0.1) is 0 Å². The third kappa shape index (κ3) is 5.26. The molecule has 0 fully saturated rings. The molecular weight excluding hydrogens is 723 g/mol. The molecule has 6 heteroatoms. The second-order valence-electron chi connectivity index (χ2n) is 13.8. The van der Waals surface area contributed by atoms with Gasteiger partial charge in [-0.2, -0.15) is 15.0 Å². The van der Waals surface area contributed by atoms with Crippen LogP contribution in [0, 0.1) is 6.92 Å². The SMILES string of the molecule is [2H]c1c([2H])c([2H])c2c(c1[2H])c1c([2H])c([2H])c([2H])c([2H])c1n2-c1nc(-c2cccc([Si](c3ccccc3)(c3ccccc3)c3ccccc3)c2)nc(-n2c3c([2H])c([2H])c([2H])c([2H])c3c3c([2H])c(C)c([2H])c([2H])c32)n1. The maximum atomic E-state index is 9.41. The predicted molar refractivity (Wildman–Crippen MR) is 242 cm³/mol. The van der Waals surface area contributed by atoms with E-state index in [2.05, 4.69) is 36.4 Å². The van der Waals surface area contributed by atoms with Crippen LogP contribution in [0.25, 0.3) is 66.9 Å². The second kappa shape index (κ2) is 13.7. The molecule has 0 unspecified atom stereocenters. The van der Waals surface area contributed by atoms with Gasteiger partial charge in [0.25, 0.3) is 0 Å². The zero-order chi connectivity index (χ0) is 51.7. The first kappa shape index (κ1) is 21.8. The van der Waals surface area contributed by atoms with Crippen LogP contribution in [0.5, 0.6) is 0 Å². The Labute approximate surface area is 358 Å². The number of nitrogens with zero attached hydrogens (tertiary/aromatic N) is 5. The third-order valence-corrected chi connectivity index (χ3v) is 15.3. The van der Waals surface area contributed by atoms with Gasteiger partial charge in [-0.1, -0.05) is 181 Å². The summed E-state index contributed by atoms with van der Waals surface area (Å²) in [6, 6.07) is 29.3. The van der Waals surface area contributed by atoms with Gasteiger partial charge >= 0.3 is 0 Å². The lowest BCUT2D eigenvalue weighted by Gasteiger charge is -2.34. The summed E-state index contributed by atoms with van der Waals surface area (Å²) in [6.45, 7) is 1.47. The fraction of sp³-hybridized carbons (Fsp3) is 0.0192. The summed E-state index contributed by atoms with van der Waals surface area (Å²) < 4.78 is 138. The molecule has 0 saturated heterocycles. The first-order valence-electron chi connectivity index (χ1n) is 26.0. The zero-order valence-electron chi connectivity index (χ0n) is 45.7. The van der Waals surface area contributed by atoms with Crippen LogP contribution in [0.2, 0.25) is 0 Å². The minimum atomic E-state index is -3.25. The molecule has 0 saturated carbocycles. The molecule has 274 valence electrons. The van der Waals surface area contributed by atoms with Gasteiger partial charge < -0.3 is 0 Å². The first-order valence-corrected chi connectivity index (χ1v) is 20.5. The van der Waals surface area contributed by atoms with Gasteiger partial charge in [-0.3, -0.25) is 9.13 Å². The van der Waals surface area contributed by atoms with Crippen molar-refractivity contribution < 1.29 is 20.6 Å². The predicted octanol–water partition coefficient (Wildman–Crippen LogP) is 9.42. The Morgan fingerprint density at radius 2 is 0.862 bits per heavy atom. The number of rotatable bonds is 7. The fourth-order valence-electron chi connectivity index (χ4n) is 8.07. The molecule has 58 heavy (non-hydrogen) atoms. The van der Waals surface area contributed by atoms with Crippen LogP contribution < -0.4 is 20.7 Å². The largest absolute Gasteiger partial charge is 0.278 e. The summed E-state index contributed by atoms with van der Waals surface area (Å²) in [5, 5.41) is 3.32. The van der Waals surface area contributed by atoms with Crippen LogP contribution >= 0.6 is 0 Å². The van der Waals surface area contributed by atoms with Crippen LogP contribution in [0.1, 0.15) is 26.1 Å². The number of fused-ring (bicyclic) bond motifs is 6. The van der Waals surface area contributed by atoms with Crippen LogP contribution in [-0.2, 0) is 0 Å². The lowest BCUT2D eigenvalue weighted by Crippen LogP contribution is -2.74. The Hall–Kier alpha value is -7.41. The molecule has 0 aliphatic rings. The molecule has 0 aliphatic carbocycles. The molecule has 0 N–H and O–H groups in total. The Bertz CT molecular complexity index is 3740. The van der Waals surface area contributed by atoms with Gasteiger partial charge in [0, 0.05) is 27.1 Å². The zero-order valence-corrected chi connectivity index (χ0v) is 31.7. The lowest BCUT2D eigenvalue weighted by atomic mass is 10.1. The van der Waals surface area contributed by atoms with E-state index in [0.717, 1.165) is 25.3 Å². The minimum absolute atomic E-state index is 0.0736. The molecule has 11 rings (SSSR count). The number of aromatic nitrogens is 5. The topological polar surface area (TPSA) is 48.5 Å². The highest BCUT2D eigenvalue weighted by molar-refractivity contribution is 7.19. The van der Waals surface area contributed by atoms with Gasteiger partial charge in [0.1, 0.15) is 0 Å². The van der Waals surface area contributed by atoms with E-state index >= 15 is 0 Å². The highest BCUT2D eigenvalue weighted by atomic mass is 28.3. The number of hydrogen-bond donors (Lipinski definition) is 0. The Balaban J connectivity index is 1.35. The lowest BCUT2D eigenvalue weighted by molar-refractivity contribution is 0.893. The van der Waals surface area contributed by atoms with Crippen molar-refractivity contribution in [2.45, 2.75) is 6.92 Å². The van der Waals surface area contributed by atoms with E-state index in [1.807, 2.05) is 72.8 Å². The molecule has 0 radical (unpaired) electrons. The van der Waals surface area contributed by atoms with E-state index in [9.17, 15) is 6.85 Å². The average molecular weight is 775 g/mol. The molecule has 0 bridgehead atoms. The van der Waals surface area contributed by atoms with Gasteiger partial charge in [-0.25, -0.2) is 0 Å². The van der Waals surface area contributed by atoms with E-state index in [4.69, 9.17) is 28.7 Å². The number of benzene rings is 8. The summed E-state index contributed by atoms with van der Waals surface area (Å²) in [6.07, 6.45) is 0. The van der Waals surface area contributed by atoms with Gasteiger partial charge in [0.2, 0.25) is 11.9 Å². The minimum Gasteiger partial charge on any atom is -0.278 e. The molecule has 0 amide bonds. The number of para-hydroxylation sites is 3. The Kier molecular flexibility index (Phi) is 5.13. The maximum absolute atomic E-state index is 9.41. The van der Waals surface area contributed by atoms with E-state index in [1.165, 1.54) is 11.5 Å². The first-order chi connectivity index (χ1) is 34.9. The van der Waals surface area contributed by atoms with Gasteiger partial charge in [0.05, 0.1) is 42.6 Å². The standard InChI is InChI=1S/C52H37N5Si/c1-36-32-33-49-45(34-36)44-28-13-16-31-48(44)57(49)52-54-50(53-51(55-52)56-46-29-14-11-26-42(46)43-27-12-15-30-47(43)56)37-18-17-25-41(35-37)58(38-19-5-2-6-20-38,39-21-7-3-8-22-39)40-23-9-4-10-24-40/h2-35H,1H3/i11D,12D,13D,14D,15D,16D,26D,27D,28D,29D,30D,31D,32D,33D,34D. The van der Waals surface area contributed by atoms with Gasteiger partial charge in [-0.05, 0) is 57.9 Å². The quantitative estimate of drug-likeness (QED) is 0.120. The van der Waals surface area contributed by atoms with Crippen molar-refractivity contribution in [3.63, 3.8) is 0 Å². The summed E-state index contributed by atoms with van der Waals surface area (Å²) in [4.78, 5) is 14.9. The van der Waals surface area contributed by atoms with E-state index in [1.54, 1.807) is 6.07 Å². The molecule has 0 aliphatic heterocycles. The molecular formula is C52H37N5Si. The normalized spacial score (nSPS) is 15.5. The van der Waals surface area contributed by atoms with Crippen LogP contribution in [0.15, 0.2) is 206 Å². The monoisotopic (exact) mass is 774 g/mol. The summed E-state index contributed by atoms with van der Waals surface area (Å²) in [5.41, 5.74) is -0.575. The van der Waals surface area contributed by atoms with E-state index in [0.29, 0.717) is 5.56 Å². The molecule has 0 atom stereocenters. The average Bonchev–Trinajstić information content (AvgIpc) is 3.98. The van der Waals surface area contributed by atoms with Crippen molar-refractivity contribution in [2.24, 2.45) is 0 Å². The van der Waals surface area contributed by atoms with Crippen LogP contribution in [-0.4, -0.2) is 32.2 Å². The van der Waals surface area contributed by atoms with Crippen molar-refractivity contribution in [1.29, 1.82) is 0 Å². The van der Waals surface area contributed by atoms with Crippen LogP contribution in [0.3, 0.4) is 0 Å². The van der Waals surface area contributed by atoms with Crippen molar-refractivity contribution in [3.8, 4) is 23.3 Å². The summed E-state index contributed by atoms with van der Waals surface area (Å²) in [5.74, 6) is -0.923. The van der Waals surface area contributed by atoms with Crippen molar-refractivity contribution in [1.82, 2.24) is 24.1 Å². The Morgan fingerprint density at radius 1 is 0.431 bits per heavy atom. The van der Waals surface area contributed by atoms with Crippen molar-refractivity contribution >= 4 is 72.4 Å². The maximum Gasteiger partial charge on any atom is 0.240 e. The molecule has 0 spiro atoms. The summed E-state index contributed by atoms with van der Waals surface area (Å²) >= 11 is 0. The highest BCUT2D eigenvalue weighted by Gasteiger charge is 2.41. The molecule has 8 aromatic carbocycles. The Morgan fingerprint density at radius 3 is 1.36 bits per heavy atom. The van der Waals surface area contributed by atoms with Crippen molar-refractivity contribution in [3.05, 3.63) is 211 Å². The molecule has 11 aromatic rings. The van der Waals surface area contributed by atoms with Gasteiger partial charge in [0.15, 0.2) is 13.9 Å².